The zero-order chi connectivity index (χ0) is 13.1. The Hall–Kier alpha value is -1.08. The van der Waals surface area contributed by atoms with Crippen LogP contribution in [-0.4, -0.2) is 11.1 Å². The van der Waals surface area contributed by atoms with Gasteiger partial charge in [0.05, 0.1) is 0 Å². The maximum absolute atomic E-state index is 11.1. The number of benzene rings is 2. The number of carbonyl (C=O) groups is 1. The lowest BCUT2D eigenvalue weighted by atomic mass is 10.2. The van der Waals surface area contributed by atoms with E-state index in [2.05, 4.69) is 38.5 Å². The minimum atomic E-state index is -1.02. The second-order valence-corrected chi connectivity index (χ2v) is 5.67. The number of ether oxygens (including phenoxy) is 1. The Labute approximate surface area is 126 Å². The number of carboxylic acids is 1. The molecule has 0 bridgehead atoms. The van der Waals surface area contributed by atoms with Crippen molar-refractivity contribution < 1.29 is 14.6 Å². The largest absolute Gasteiger partial charge is 0.478 e. The summed E-state index contributed by atoms with van der Waals surface area (Å²) >= 11 is 5.41. The predicted molar refractivity (Wildman–Crippen MR) is 80.3 cm³/mol. The molecule has 0 radical (unpaired) electrons. The van der Waals surface area contributed by atoms with Crippen LogP contribution in [0.4, 0.5) is 0 Å². The van der Waals surface area contributed by atoms with Crippen LogP contribution in [0.2, 0.25) is 0 Å². The first-order chi connectivity index (χ1) is 8.56. The van der Waals surface area contributed by atoms with Crippen molar-refractivity contribution in [3.63, 3.8) is 0 Å². The average molecular weight is 419 g/mol. The fraction of sp³-hybridized carbons (Fsp3) is 0. The van der Waals surface area contributed by atoms with Crippen molar-refractivity contribution in [2.75, 3.05) is 0 Å². The lowest BCUT2D eigenvalue weighted by molar-refractivity contribution is 0.0694. The molecule has 0 saturated heterocycles. The molecule has 2 aromatic carbocycles. The van der Waals surface area contributed by atoms with Crippen molar-refractivity contribution in [2.45, 2.75) is 0 Å². The van der Waals surface area contributed by atoms with Crippen LogP contribution in [0, 0.1) is 3.57 Å². The van der Waals surface area contributed by atoms with E-state index in [0.717, 1.165) is 3.57 Å². The predicted octanol–water partition coefficient (Wildman–Crippen LogP) is 4.54. The maximum Gasteiger partial charge on any atom is 0.339 e. The molecular weight excluding hydrogens is 411 g/mol. The molecule has 0 spiro atoms. The number of carboxylic acid groups (broad SMARTS) is 1. The first-order valence-corrected chi connectivity index (χ1v) is 6.90. The monoisotopic (exact) mass is 418 g/mol. The molecule has 92 valence electrons. The third-order valence-corrected chi connectivity index (χ3v) is 3.36. The van der Waals surface area contributed by atoms with E-state index >= 15 is 0 Å². The summed E-state index contributed by atoms with van der Waals surface area (Å²) in [5.41, 5.74) is 0.128. The molecule has 18 heavy (non-hydrogen) atoms. The van der Waals surface area contributed by atoms with Gasteiger partial charge in [0.2, 0.25) is 0 Å². The first kappa shape index (κ1) is 13.4. The molecule has 0 aliphatic rings. The van der Waals surface area contributed by atoms with Crippen molar-refractivity contribution >= 4 is 44.5 Å². The smallest absolute Gasteiger partial charge is 0.339 e. The van der Waals surface area contributed by atoms with Crippen molar-refractivity contribution in [1.29, 1.82) is 0 Å². The summed E-state index contributed by atoms with van der Waals surface area (Å²) in [5, 5.41) is 9.12. The molecule has 0 aliphatic carbocycles. The van der Waals surface area contributed by atoms with Gasteiger partial charge in [-0.3, -0.25) is 0 Å². The summed E-state index contributed by atoms with van der Waals surface area (Å²) in [5.74, 6) is -0.0728. The van der Waals surface area contributed by atoms with Crippen LogP contribution in [0.1, 0.15) is 10.4 Å². The number of halogens is 2. The van der Waals surface area contributed by atoms with Gasteiger partial charge in [0.25, 0.3) is 0 Å². The van der Waals surface area contributed by atoms with Crippen LogP contribution in [-0.2, 0) is 0 Å². The second kappa shape index (κ2) is 5.71. The van der Waals surface area contributed by atoms with Crippen LogP contribution in [0.15, 0.2) is 46.9 Å². The van der Waals surface area contributed by atoms with E-state index in [0.29, 0.717) is 16.0 Å². The SMILES string of the molecule is O=C(O)c1cc(Br)ccc1Oc1cccc(I)c1. The maximum atomic E-state index is 11.1. The fourth-order valence-electron chi connectivity index (χ4n) is 1.42. The summed E-state index contributed by atoms with van der Waals surface area (Å²) < 4.78 is 7.33. The van der Waals surface area contributed by atoms with Gasteiger partial charge in [-0.1, -0.05) is 22.0 Å². The lowest BCUT2D eigenvalue weighted by Gasteiger charge is -2.09. The molecule has 0 fully saturated rings. The molecule has 2 rings (SSSR count). The quantitative estimate of drug-likeness (QED) is 0.744. The van der Waals surface area contributed by atoms with Gasteiger partial charge in [0.1, 0.15) is 17.1 Å². The summed E-state index contributed by atoms with van der Waals surface area (Å²) in [7, 11) is 0. The third-order valence-electron chi connectivity index (χ3n) is 2.20. The Balaban J connectivity index is 2.37. The molecule has 3 nitrogen and oxygen atoms in total. The molecule has 2 aromatic rings. The van der Waals surface area contributed by atoms with E-state index in [4.69, 9.17) is 9.84 Å². The van der Waals surface area contributed by atoms with Gasteiger partial charge in [-0.15, -0.1) is 0 Å². The standard InChI is InChI=1S/C13H8BrIO3/c14-8-4-5-12(11(6-8)13(16)17)18-10-3-1-2-9(15)7-10/h1-7H,(H,16,17). The molecule has 0 atom stereocenters. The summed E-state index contributed by atoms with van der Waals surface area (Å²) in [4.78, 5) is 11.1. The molecular formula is C13H8BrIO3. The Bertz CT molecular complexity index is 599. The zero-order valence-corrected chi connectivity index (χ0v) is 12.8. The molecule has 0 aromatic heterocycles. The second-order valence-electron chi connectivity index (χ2n) is 3.51. The first-order valence-electron chi connectivity index (χ1n) is 5.02. The van der Waals surface area contributed by atoms with Gasteiger partial charge >= 0.3 is 5.97 Å². The van der Waals surface area contributed by atoms with Crippen LogP contribution < -0.4 is 4.74 Å². The molecule has 0 unspecified atom stereocenters. The Morgan fingerprint density at radius 3 is 2.67 bits per heavy atom. The highest BCUT2D eigenvalue weighted by atomic mass is 127. The highest BCUT2D eigenvalue weighted by Gasteiger charge is 2.12. The van der Waals surface area contributed by atoms with Crippen molar-refractivity contribution in [1.82, 2.24) is 0 Å². The molecule has 1 N–H and O–H groups in total. The van der Waals surface area contributed by atoms with Crippen LogP contribution in [0.25, 0.3) is 0 Å². The number of aromatic carboxylic acids is 1. The molecule has 0 heterocycles. The summed E-state index contributed by atoms with van der Waals surface area (Å²) in [6.45, 7) is 0. The van der Waals surface area contributed by atoms with E-state index < -0.39 is 5.97 Å². The van der Waals surface area contributed by atoms with E-state index in [9.17, 15) is 4.79 Å². The topological polar surface area (TPSA) is 46.5 Å². The lowest BCUT2D eigenvalue weighted by Crippen LogP contribution is -2.00. The van der Waals surface area contributed by atoms with Crippen LogP contribution in [0.3, 0.4) is 0 Å². The van der Waals surface area contributed by atoms with E-state index in [1.54, 1.807) is 18.2 Å². The Kier molecular flexibility index (Phi) is 4.23. The zero-order valence-electron chi connectivity index (χ0n) is 9.06. The summed E-state index contributed by atoms with van der Waals surface area (Å²) in [6, 6.07) is 12.3. The fourth-order valence-corrected chi connectivity index (χ4v) is 2.29. The highest BCUT2D eigenvalue weighted by molar-refractivity contribution is 14.1. The third kappa shape index (κ3) is 3.23. The Morgan fingerprint density at radius 2 is 2.00 bits per heavy atom. The number of hydrogen-bond acceptors (Lipinski definition) is 2. The normalized spacial score (nSPS) is 10.1. The highest BCUT2D eigenvalue weighted by Crippen LogP contribution is 2.28. The average Bonchev–Trinajstić information content (AvgIpc) is 2.31. The summed E-state index contributed by atoms with van der Waals surface area (Å²) in [6.07, 6.45) is 0. The van der Waals surface area contributed by atoms with Gasteiger partial charge in [0, 0.05) is 8.04 Å². The molecule has 0 amide bonds. The van der Waals surface area contributed by atoms with E-state index in [1.165, 1.54) is 6.07 Å². The number of rotatable bonds is 3. The van der Waals surface area contributed by atoms with Gasteiger partial charge in [-0.05, 0) is 59.0 Å². The Morgan fingerprint density at radius 1 is 1.22 bits per heavy atom. The van der Waals surface area contributed by atoms with Gasteiger partial charge < -0.3 is 9.84 Å². The minimum Gasteiger partial charge on any atom is -0.478 e. The molecule has 0 aliphatic heterocycles. The minimum absolute atomic E-state index is 0.128. The van der Waals surface area contributed by atoms with Gasteiger partial charge in [-0.2, -0.15) is 0 Å². The van der Waals surface area contributed by atoms with Crippen molar-refractivity contribution in [3.8, 4) is 11.5 Å². The number of hydrogen-bond donors (Lipinski definition) is 1. The van der Waals surface area contributed by atoms with Crippen LogP contribution in [0.5, 0.6) is 11.5 Å². The van der Waals surface area contributed by atoms with Crippen molar-refractivity contribution in [3.05, 3.63) is 56.1 Å². The van der Waals surface area contributed by atoms with Gasteiger partial charge in [0.15, 0.2) is 0 Å². The van der Waals surface area contributed by atoms with Crippen LogP contribution >= 0.6 is 38.5 Å². The molecule has 5 heteroatoms. The van der Waals surface area contributed by atoms with Crippen molar-refractivity contribution in [2.24, 2.45) is 0 Å². The van der Waals surface area contributed by atoms with E-state index in [-0.39, 0.29) is 5.56 Å². The molecule has 0 saturated carbocycles. The van der Waals surface area contributed by atoms with E-state index in [1.807, 2.05) is 18.2 Å². The van der Waals surface area contributed by atoms with Gasteiger partial charge in [-0.25, -0.2) is 4.79 Å².